The Hall–Kier alpha value is -2.98. The van der Waals surface area contributed by atoms with Gasteiger partial charge in [0.05, 0.1) is 41.6 Å². The Morgan fingerprint density at radius 2 is 1.36 bits per heavy atom. The van der Waals surface area contributed by atoms with Gasteiger partial charge in [0.1, 0.15) is 0 Å². The minimum absolute atomic E-state index is 0.0693. The Morgan fingerprint density at radius 1 is 0.795 bits per heavy atom. The normalized spacial score (nSPS) is 22.9. The van der Waals surface area contributed by atoms with Crippen molar-refractivity contribution in [2.24, 2.45) is 0 Å². The van der Waals surface area contributed by atoms with Crippen molar-refractivity contribution < 1.29 is 21.6 Å². The summed E-state index contributed by atoms with van der Waals surface area (Å²) in [4.78, 5) is 0.218. The van der Waals surface area contributed by atoms with Gasteiger partial charge in [-0.2, -0.15) is 8.61 Å². The van der Waals surface area contributed by atoms with Crippen LogP contribution < -0.4 is 0 Å². The first-order valence-corrected chi connectivity index (χ1v) is 16.4. The van der Waals surface area contributed by atoms with Crippen molar-refractivity contribution in [2.75, 3.05) is 19.4 Å². The summed E-state index contributed by atoms with van der Waals surface area (Å²) < 4.78 is 64.2. The maximum Gasteiger partial charge on any atom is 0.244 e. The van der Waals surface area contributed by atoms with E-state index < -0.39 is 38.2 Å². The Bertz CT molecular complexity index is 1550. The fourth-order valence-electron chi connectivity index (χ4n) is 5.76. The van der Waals surface area contributed by atoms with Gasteiger partial charge in [0.25, 0.3) is 0 Å². The van der Waals surface area contributed by atoms with Crippen molar-refractivity contribution in [2.45, 2.75) is 49.7 Å². The second-order valence-electron chi connectivity index (χ2n) is 10.1. The van der Waals surface area contributed by atoms with Crippen LogP contribution in [0.25, 0.3) is 0 Å². The molecule has 0 aromatic heterocycles. The smallest absolute Gasteiger partial charge is 0.244 e. The third kappa shape index (κ3) is 5.41. The van der Waals surface area contributed by atoms with E-state index in [0.717, 1.165) is 16.7 Å². The lowest BCUT2D eigenvalue weighted by Crippen LogP contribution is -2.54. The average molecular weight is 567 g/mol. The Kier molecular flexibility index (Phi) is 7.70. The summed E-state index contributed by atoms with van der Waals surface area (Å²) in [5.41, 5.74) is 3.37. The number of piperidine rings is 1. The summed E-state index contributed by atoms with van der Waals surface area (Å²) in [7, 11) is -7.58. The molecule has 0 radical (unpaired) electrons. The number of fused-ring (bicyclic) bond motifs is 1. The van der Waals surface area contributed by atoms with Gasteiger partial charge < -0.3 is 4.74 Å². The molecule has 2 aliphatic heterocycles. The third-order valence-electron chi connectivity index (χ3n) is 7.58. The highest BCUT2D eigenvalue weighted by Crippen LogP contribution is 2.48. The van der Waals surface area contributed by atoms with Gasteiger partial charge in [-0.25, -0.2) is 16.8 Å². The van der Waals surface area contributed by atoms with Crippen LogP contribution in [0, 0.1) is 6.92 Å². The van der Waals surface area contributed by atoms with E-state index in [1.165, 1.54) is 10.6 Å². The van der Waals surface area contributed by atoms with Crippen LogP contribution in [0.5, 0.6) is 0 Å². The van der Waals surface area contributed by atoms with E-state index in [-0.39, 0.29) is 17.9 Å². The molecule has 0 spiro atoms. The van der Waals surface area contributed by atoms with Crippen LogP contribution in [0.4, 0.5) is 0 Å². The van der Waals surface area contributed by atoms with Crippen molar-refractivity contribution in [3.63, 3.8) is 0 Å². The first kappa shape index (κ1) is 27.6. The molecule has 9 heteroatoms. The minimum Gasteiger partial charge on any atom is -0.498 e. The number of nitrogens with zero attached hydrogens (tertiary/aromatic N) is 2. The molecule has 2 heterocycles. The lowest BCUT2D eigenvalue weighted by molar-refractivity contribution is 0.118. The number of sulfonamides is 2. The number of ether oxygens (including phenoxy) is 1. The van der Waals surface area contributed by atoms with E-state index in [9.17, 15) is 16.8 Å². The van der Waals surface area contributed by atoms with Crippen molar-refractivity contribution in [1.29, 1.82) is 0 Å². The molecule has 5 rings (SSSR count). The van der Waals surface area contributed by atoms with Gasteiger partial charge >= 0.3 is 0 Å². The van der Waals surface area contributed by atoms with Crippen LogP contribution >= 0.6 is 0 Å². The molecule has 1 fully saturated rings. The zero-order valence-corrected chi connectivity index (χ0v) is 24.0. The highest BCUT2D eigenvalue weighted by molar-refractivity contribution is 7.89. The van der Waals surface area contributed by atoms with Gasteiger partial charge in [-0.05, 0) is 43.5 Å². The number of aryl methyl sites for hydroxylation is 1. The lowest BCUT2D eigenvalue weighted by atomic mass is 9.84. The fraction of sp³-hybridized carbons (Fsp3) is 0.333. The minimum atomic E-state index is -3.97. The van der Waals surface area contributed by atoms with Crippen LogP contribution in [0.15, 0.2) is 101 Å². The molecule has 3 atom stereocenters. The number of hydrogen-bond acceptors (Lipinski definition) is 5. The molecule has 206 valence electrons. The van der Waals surface area contributed by atoms with Crippen molar-refractivity contribution >= 4 is 20.0 Å². The van der Waals surface area contributed by atoms with Gasteiger partial charge in [0.2, 0.25) is 20.0 Å². The van der Waals surface area contributed by atoms with Crippen LogP contribution in [0.2, 0.25) is 0 Å². The number of hydrogen-bond donors (Lipinski definition) is 0. The van der Waals surface area contributed by atoms with Crippen molar-refractivity contribution in [3.8, 4) is 0 Å². The molecule has 3 aromatic carbocycles. The molecule has 2 aliphatic rings. The Morgan fingerprint density at radius 3 is 1.90 bits per heavy atom. The standard InChI is InChI=1S/C30H34N2O5S2/c1-4-37-30-20-28(24-13-9-6-10-14-24)32(39(35,36)25-17-15-22(2)16-18-25)29-19-27(23-11-7-5-8-12-23)31(21-26(29)30)38(3,33)34/h5-18,27-29H,4,19-21H2,1-3H3/t27-,28-,29-/m0/s1. The molecular weight excluding hydrogens is 532 g/mol. The molecule has 0 N–H and O–H groups in total. The second kappa shape index (κ2) is 10.9. The Labute approximate surface area is 231 Å². The maximum absolute atomic E-state index is 14.5. The van der Waals surface area contributed by atoms with Gasteiger partial charge in [-0.1, -0.05) is 78.4 Å². The largest absolute Gasteiger partial charge is 0.498 e. The summed E-state index contributed by atoms with van der Waals surface area (Å²) in [6, 6.07) is 24.3. The third-order valence-corrected chi connectivity index (χ3v) is 10.8. The second-order valence-corrected chi connectivity index (χ2v) is 13.9. The summed E-state index contributed by atoms with van der Waals surface area (Å²) in [5, 5.41) is 0. The van der Waals surface area contributed by atoms with Gasteiger partial charge in [0, 0.05) is 18.5 Å². The summed E-state index contributed by atoms with van der Waals surface area (Å²) in [5.74, 6) is 0.673. The molecule has 0 aliphatic carbocycles. The quantitative estimate of drug-likeness (QED) is 0.393. The number of rotatable bonds is 7. The van der Waals surface area contributed by atoms with Crippen molar-refractivity contribution in [3.05, 3.63) is 113 Å². The summed E-state index contributed by atoms with van der Waals surface area (Å²) >= 11 is 0. The molecule has 0 saturated carbocycles. The summed E-state index contributed by atoms with van der Waals surface area (Å²) in [6.07, 6.45) is 1.81. The van der Waals surface area contributed by atoms with Gasteiger partial charge in [-0.3, -0.25) is 0 Å². The number of benzene rings is 3. The fourth-order valence-corrected chi connectivity index (χ4v) is 8.61. The monoisotopic (exact) mass is 566 g/mol. The molecule has 0 amide bonds. The van der Waals surface area contributed by atoms with E-state index >= 15 is 0 Å². The first-order chi connectivity index (χ1) is 18.6. The summed E-state index contributed by atoms with van der Waals surface area (Å²) in [6.45, 7) is 4.28. The van der Waals surface area contributed by atoms with Crippen LogP contribution in [-0.2, 0) is 24.8 Å². The first-order valence-electron chi connectivity index (χ1n) is 13.1. The van der Waals surface area contributed by atoms with Gasteiger partial charge in [0.15, 0.2) is 0 Å². The molecule has 3 aromatic rings. The van der Waals surface area contributed by atoms with Crippen molar-refractivity contribution in [1.82, 2.24) is 8.61 Å². The van der Waals surface area contributed by atoms with E-state index in [0.29, 0.717) is 24.4 Å². The van der Waals surface area contributed by atoms with E-state index in [4.69, 9.17) is 4.74 Å². The predicted molar refractivity (Wildman–Crippen MR) is 152 cm³/mol. The van der Waals surface area contributed by atoms with Crippen LogP contribution in [0.3, 0.4) is 0 Å². The van der Waals surface area contributed by atoms with E-state index in [2.05, 4.69) is 0 Å². The molecule has 39 heavy (non-hydrogen) atoms. The molecule has 7 nitrogen and oxygen atoms in total. The predicted octanol–water partition coefficient (Wildman–Crippen LogP) is 5.20. The molecule has 0 unspecified atom stereocenters. The highest BCUT2D eigenvalue weighted by Gasteiger charge is 2.50. The highest BCUT2D eigenvalue weighted by atomic mass is 32.2. The van der Waals surface area contributed by atoms with E-state index in [1.807, 2.05) is 74.5 Å². The van der Waals surface area contributed by atoms with E-state index in [1.54, 1.807) is 28.6 Å². The topological polar surface area (TPSA) is 84.0 Å². The van der Waals surface area contributed by atoms with Crippen LogP contribution in [-0.4, -0.2) is 50.9 Å². The maximum atomic E-state index is 14.5. The molecule has 1 saturated heterocycles. The Balaban J connectivity index is 1.72. The average Bonchev–Trinajstić information content (AvgIpc) is 2.93. The molecule has 0 bridgehead atoms. The SMILES string of the molecule is CCOC1=C2CN(S(C)(=O)=O)[C@H](c3ccccc3)C[C@@H]2N(S(=O)(=O)c2ccc(C)cc2)[C@H](c2ccccc2)C1. The zero-order chi connectivity index (χ0) is 27.8. The lowest BCUT2D eigenvalue weighted by Gasteiger charge is -2.49. The zero-order valence-electron chi connectivity index (χ0n) is 22.4. The molecular formula is C30H34N2O5S2. The van der Waals surface area contributed by atoms with Crippen LogP contribution in [0.1, 0.15) is 48.5 Å². The van der Waals surface area contributed by atoms with Gasteiger partial charge in [-0.15, -0.1) is 0 Å².